The van der Waals surface area contributed by atoms with Gasteiger partial charge in [-0.15, -0.1) is 0 Å². The zero-order valence-electron chi connectivity index (χ0n) is 14.5. The molecule has 1 fully saturated rings. The second kappa shape index (κ2) is 7.28. The standard InChI is InChI=1S/C17H23N5O2S/c1-20(2)25(23,24)19-17-9-8-16(14-18-17)22-12-10-21(11-13-22)15-6-4-3-5-7-15/h3-9,14H,10-13H2,1-2H3,(H,18,19). The molecule has 25 heavy (non-hydrogen) atoms. The molecule has 1 aliphatic rings. The summed E-state index contributed by atoms with van der Waals surface area (Å²) in [6.07, 6.45) is 1.71. The number of anilines is 3. The first kappa shape index (κ1) is 17.5. The van der Waals surface area contributed by atoms with E-state index in [-0.39, 0.29) is 0 Å². The Morgan fingerprint density at radius 1 is 0.920 bits per heavy atom. The van der Waals surface area contributed by atoms with Crippen molar-refractivity contribution < 1.29 is 8.42 Å². The lowest BCUT2D eigenvalue weighted by atomic mass is 10.2. The highest BCUT2D eigenvalue weighted by molar-refractivity contribution is 7.90. The normalized spacial score (nSPS) is 15.5. The second-order valence-corrected chi connectivity index (χ2v) is 7.99. The summed E-state index contributed by atoms with van der Waals surface area (Å²) < 4.78 is 27.2. The smallest absolute Gasteiger partial charge is 0.302 e. The summed E-state index contributed by atoms with van der Waals surface area (Å²) in [6, 6.07) is 14.0. The van der Waals surface area contributed by atoms with E-state index in [1.165, 1.54) is 19.8 Å². The lowest BCUT2D eigenvalue weighted by Crippen LogP contribution is -2.46. The molecule has 2 aromatic rings. The fourth-order valence-corrected chi connectivity index (χ4v) is 3.29. The number of piperazine rings is 1. The number of para-hydroxylation sites is 1. The summed E-state index contributed by atoms with van der Waals surface area (Å²) in [5, 5.41) is 0. The minimum atomic E-state index is -3.53. The van der Waals surface area contributed by atoms with E-state index < -0.39 is 10.2 Å². The van der Waals surface area contributed by atoms with Crippen LogP contribution in [0.5, 0.6) is 0 Å². The number of hydrogen-bond donors (Lipinski definition) is 1. The molecule has 0 atom stereocenters. The Morgan fingerprint density at radius 2 is 1.52 bits per heavy atom. The molecule has 0 aliphatic carbocycles. The summed E-state index contributed by atoms with van der Waals surface area (Å²) in [5.74, 6) is 0.320. The Kier molecular flexibility index (Phi) is 5.10. The lowest BCUT2D eigenvalue weighted by molar-refractivity contribution is 0.526. The van der Waals surface area contributed by atoms with Gasteiger partial charge >= 0.3 is 10.2 Å². The zero-order valence-corrected chi connectivity index (χ0v) is 15.3. The average Bonchev–Trinajstić information content (AvgIpc) is 2.63. The van der Waals surface area contributed by atoms with Gasteiger partial charge in [-0.1, -0.05) is 18.2 Å². The van der Waals surface area contributed by atoms with Crippen LogP contribution in [0.2, 0.25) is 0 Å². The fraction of sp³-hybridized carbons (Fsp3) is 0.353. The first-order valence-electron chi connectivity index (χ1n) is 8.17. The number of hydrogen-bond acceptors (Lipinski definition) is 5. The van der Waals surface area contributed by atoms with Gasteiger partial charge in [-0.25, -0.2) is 4.98 Å². The van der Waals surface area contributed by atoms with Gasteiger partial charge in [-0.05, 0) is 24.3 Å². The summed E-state index contributed by atoms with van der Waals surface area (Å²) in [7, 11) is -0.576. The molecule has 0 amide bonds. The molecule has 1 aromatic heterocycles. The minimum Gasteiger partial charge on any atom is -0.368 e. The van der Waals surface area contributed by atoms with Gasteiger partial charge in [0.2, 0.25) is 0 Å². The molecule has 0 saturated carbocycles. The van der Waals surface area contributed by atoms with E-state index in [0.29, 0.717) is 5.82 Å². The molecule has 8 heteroatoms. The molecule has 0 bridgehead atoms. The maximum Gasteiger partial charge on any atom is 0.302 e. The summed E-state index contributed by atoms with van der Waals surface area (Å²) in [5.41, 5.74) is 2.24. The minimum absolute atomic E-state index is 0.320. The van der Waals surface area contributed by atoms with Crippen LogP contribution >= 0.6 is 0 Å². The predicted molar refractivity (Wildman–Crippen MR) is 101 cm³/mol. The van der Waals surface area contributed by atoms with Crippen molar-refractivity contribution in [2.24, 2.45) is 0 Å². The van der Waals surface area contributed by atoms with Crippen molar-refractivity contribution in [3.8, 4) is 0 Å². The van der Waals surface area contributed by atoms with Gasteiger partial charge in [0.25, 0.3) is 0 Å². The van der Waals surface area contributed by atoms with E-state index >= 15 is 0 Å². The highest BCUT2D eigenvalue weighted by atomic mass is 32.2. The SMILES string of the molecule is CN(C)S(=O)(=O)Nc1ccc(N2CCN(c3ccccc3)CC2)cn1. The molecule has 0 unspecified atom stereocenters. The molecule has 0 spiro atoms. The van der Waals surface area contributed by atoms with E-state index in [1.54, 1.807) is 12.3 Å². The molecule has 1 N–H and O–H groups in total. The number of pyridine rings is 1. The van der Waals surface area contributed by atoms with Crippen LogP contribution in [-0.2, 0) is 10.2 Å². The van der Waals surface area contributed by atoms with Crippen molar-refractivity contribution >= 4 is 27.4 Å². The summed E-state index contributed by atoms with van der Waals surface area (Å²) in [4.78, 5) is 8.85. The van der Waals surface area contributed by atoms with E-state index in [4.69, 9.17) is 0 Å². The topological polar surface area (TPSA) is 68.8 Å². The van der Waals surface area contributed by atoms with Gasteiger partial charge in [0, 0.05) is 46.0 Å². The van der Waals surface area contributed by atoms with Crippen molar-refractivity contribution in [2.45, 2.75) is 0 Å². The quantitative estimate of drug-likeness (QED) is 0.877. The molecule has 1 saturated heterocycles. The van der Waals surface area contributed by atoms with Crippen LogP contribution in [0.25, 0.3) is 0 Å². The molecule has 1 aromatic carbocycles. The van der Waals surface area contributed by atoms with E-state index in [0.717, 1.165) is 36.2 Å². The number of nitrogens with zero attached hydrogens (tertiary/aromatic N) is 4. The van der Waals surface area contributed by atoms with Crippen LogP contribution in [0.4, 0.5) is 17.2 Å². The molecule has 1 aliphatic heterocycles. The monoisotopic (exact) mass is 361 g/mol. The van der Waals surface area contributed by atoms with Crippen LogP contribution in [0.15, 0.2) is 48.7 Å². The Hall–Kier alpha value is -2.32. The molecule has 7 nitrogen and oxygen atoms in total. The Bertz CT molecular complexity index is 786. The largest absolute Gasteiger partial charge is 0.368 e. The Balaban J connectivity index is 1.61. The Morgan fingerprint density at radius 3 is 2.04 bits per heavy atom. The molecular weight excluding hydrogens is 338 g/mol. The molecule has 134 valence electrons. The highest BCUT2D eigenvalue weighted by Crippen LogP contribution is 2.21. The number of nitrogens with one attached hydrogen (secondary N) is 1. The number of benzene rings is 1. The lowest BCUT2D eigenvalue weighted by Gasteiger charge is -2.37. The van der Waals surface area contributed by atoms with Crippen molar-refractivity contribution in [1.82, 2.24) is 9.29 Å². The third-order valence-corrected chi connectivity index (χ3v) is 5.66. The fourth-order valence-electron chi connectivity index (χ4n) is 2.72. The Labute approximate surface area is 149 Å². The third-order valence-electron chi connectivity index (χ3n) is 4.23. The maximum absolute atomic E-state index is 11.8. The number of aromatic nitrogens is 1. The van der Waals surface area contributed by atoms with Crippen molar-refractivity contribution in [3.63, 3.8) is 0 Å². The van der Waals surface area contributed by atoms with Gasteiger partial charge in [-0.2, -0.15) is 12.7 Å². The van der Waals surface area contributed by atoms with Gasteiger partial charge in [0.1, 0.15) is 5.82 Å². The first-order chi connectivity index (χ1) is 12.0. The van der Waals surface area contributed by atoms with E-state index in [2.05, 4.69) is 43.8 Å². The molecular formula is C17H23N5O2S. The van der Waals surface area contributed by atoms with Crippen LogP contribution in [-0.4, -0.2) is 58.0 Å². The summed E-state index contributed by atoms with van der Waals surface area (Å²) in [6.45, 7) is 3.69. The van der Waals surface area contributed by atoms with Gasteiger partial charge in [0.05, 0.1) is 11.9 Å². The van der Waals surface area contributed by atoms with Crippen molar-refractivity contribution in [1.29, 1.82) is 0 Å². The van der Waals surface area contributed by atoms with Crippen molar-refractivity contribution in [2.75, 3.05) is 54.8 Å². The second-order valence-electron chi connectivity index (χ2n) is 6.10. The summed E-state index contributed by atoms with van der Waals surface area (Å²) >= 11 is 0. The van der Waals surface area contributed by atoms with Gasteiger partial charge in [-0.3, -0.25) is 4.72 Å². The highest BCUT2D eigenvalue weighted by Gasteiger charge is 2.18. The van der Waals surface area contributed by atoms with Crippen LogP contribution in [0, 0.1) is 0 Å². The maximum atomic E-state index is 11.8. The van der Waals surface area contributed by atoms with E-state index in [9.17, 15) is 8.42 Å². The molecule has 0 radical (unpaired) electrons. The van der Waals surface area contributed by atoms with Crippen LogP contribution in [0.1, 0.15) is 0 Å². The number of rotatable bonds is 5. The zero-order chi connectivity index (χ0) is 17.9. The van der Waals surface area contributed by atoms with Crippen LogP contribution < -0.4 is 14.5 Å². The van der Waals surface area contributed by atoms with Gasteiger partial charge < -0.3 is 9.80 Å². The molecule has 2 heterocycles. The van der Waals surface area contributed by atoms with E-state index in [1.807, 2.05) is 12.1 Å². The molecule has 3 rings (SSSR count). The van der Waals surface area contributed by atoms with Crippen molar-refractivity contribution in [3.05, 3.63) is 48.7 Å². The predicted octanol–water partition coefficient (Wildman–Crippen LogP) is 1.63. The van der Waals surface area contributed by atoms with Gasteiger partial charge in [0.15, 0.2) is 0 Å². The first-order valence-corrected chi connectivity index (χ1v) is 9.61. The third kappa shape index (κ3) is 4.21. The van der Waals surface area contributed by atoms with Crippen LogP contribution in [0.3, 0.4) is 0 Å². The average molecular weight is 361 g/mol.